The number of allylic oxidation sites excluding steroid dienone is 2. The van der Waals surface area contributed by atoms with Crippen LogP contribution in [0.25, 0.3) is 0 Å². The van der Waals surface area contributed by atoms with Crippen LogP contribution in [0.1, 0.15) is 309 Å². The lowest BCUT2D eigenvalue weighted by molar-refractivity contribution is -0.143. The number of rotatable bonds is 52. The topological polar surface area (TPSA) is 95.9 Å². The Kier molecular flexibility index (Phi) is 51.0. The smallest absolute Gasteiger partial charge is 0.305 e. The molecule has 0 aromatic carbocycles. The summed E-state index contributed by atoms with van der Waals surface area (Å²) in [4.78, 5) is 24.5. The predicted molar refractivity (Wildman–Crippen MR) is 269 cm³/mol. The second-order valence-corrected chi connectivity index (χ2v) is 19.3. The van der Waals surface area contributed by atoms with E-state index in [9.17, 15) is 19.8 Å². The Bertz CT molecular complexity index is 924. The molecule has 0 aromatic heterocycles. The first kappa shape index (κ1) is 60.6. The Morgan fingerprint density at radius 3 is 1.15 bits per heavy atom. The fraction of sp³-hybridized carbons (Fsp3) is 0.929. The van der Waals surface area contributed by atoms with E-state index in [0.717, 1.165) is 77.0 Å². The molecular formula is C56H109NO5. The summed E-state index contributed by atoms with van der Waals surface area (Å²) in [7, 11) is 0. The molecule has 6 heteroatoms. The van der Waals surface area contributed by atoms with Gasteiger partial charge in [0.1, 0.15) is 0 Å². The van der Waals surface area contributed by atoms with Crippen molar-refractivity contribution in [2.75, 3.05) is 13.2 Å². The Hall–Kier alpha value is -1.40. The van der Waals surface area contributed by atoms with Crippen molar-refractivity contribution in [3.63, 3.8) is 0 Å². The highest BCUT2D eigenvalue weighted by Gasteiger charge is 2.20. The third-order valence-electron chi connectivity index (χ3n) is 13.1. The van der Waals surface area contributed by atoms with Crippen LogP contribution in [0, 0.1) is 0 Å². The normalized spacial score (nSPS) is 12.6. The van der Waals surface area contributed by atoms with Gasteiger partial charge in [-0.25, -0.2) is 0 Å². The lowest BCUT2D eigenvalue weighted by Crippen LogP contribution is -2.45. The molecule has 0 fully saturated rings. The van der Waals surface area contributed by atoms with Crippen LogP contribution in [0.5, 0.6) is 0 Å². The number of ether oxygens (including phenoxy) is 1. The molecule has 62 heavy (non-hydrogen) atoms. The molecule has 3 N–H and O–H groups in total. The Morgan fingerprint density at radius 2 is 0.758 bits per heavy atom. The van der Waals surface area contributed by atoms with Crippen molar-refractivity contribution in [2.24, 2.45) is 0 Å². The number of esters is 1. The Balaban J connectivity index is 3.49. The summed E-state index contributed by atoms with van der Waals surface area (Å²) in [6.07, 6.45) is 60.5. The molecule has 0 rings (SSSR count). The van der Waals surface area contributed by atoms with Gasteiger partial charge in [0.05, 0.1) is 25.4 Å². The summed E-state index contributed by atoms with van der Waals surface area (Å²) in [5, 5.41) is 23.3. The summed E-state index contributed by atoms with van der Waals surface area (Å²) in [5.74, 6) is -0.0797. The van der Waals surface area contributed by atoms with Gasteiger partial charge in [-0.1, -0.05) is 251 Å². The highest BCUT2D eigenvalue weighted by molar-refractivity contribution is 5.76. The molecule has 0 aromatic rings. The summed E-state index contributed by atoms with van der Waals surface area (Å²) in [6.45, 7) is 4.91. The molecule has 6 nitrogen and oxygen atoms in total. The lowest BCUT2D eigenvalue weighted by Gasteiger charge is -2.22. The molecule has 0 aliphatic heterocycles. The van der Waals surface area contributed by atoms with Crippen LogP contribution in [-0.2, 0) is 14.3 Å². The average molecular weight is 876 g/mol. The molecule has 2 unspecified atom stereocenters. The van der Waals surface area contributed by atoms with Gasteiger partial charge in [-0.2, -0.15) is 0 Å². The highest BCUT2D eigenvalue weighted by Crippen LogP contribution is 2.17. The molecule has 0 heterocycles. The quantitative estimate of drug-likeness (QED) is 0.0321. The first-order chi connectivity index (χ1) is 30.5. The number of hydrogen-bond donors (Lipinski definition) is 3. The summed E-state index contributed by atoms with van der Waals surface area (Å²) in [5.41, 5.74) is 0. The van der Waals surface area contributed by atoms with Gasteiger partial charge < -0.3 is 20.3 Å². The maximum Gasteiger partial charge on any atom is 0.305 e. The van der Waals surface area contributed by atoms with Gasteiger partial charge in [0.15, 0.2) is 0 Å². The van der Waals surface area contributed by atoms with Crippen LogP contribution in [-0.4, -0.2) is 47.4 Å². The third kappa shape index (κ3) is 48.1. The van der Waals surface area contributed by atoms with Gasteiger partial charge in [-0.05, 0) is 57.8 Å². The van der Waals surface area contributed by atoms with Crippen molar-refractivity contribution in [3.05, 3.63) is 12.2 Å². The molecule has 1 amide bonds. The van der Waals surface area contributed by atoms with E-state index in [1.54, 1.807) is 0 Å². The second kappa shape index (κ2) is 52.2. The zero-order chi connectivity index (χ0) is 45.1. The average Bonchev–Trinajstić information content (AvgIpc) is 3.27. The highest BCUT2D eigenvalue weighted by atomic mass is 16.5. The zero-order valence-electron chi connectivity index (χ0n) is 41.9. The second-order valence-electron chi connectivity index (χ2n) is 19.3. The predicted octanol–water partition coefficient (Wildman–Crippen LogP) is 16.9. The summed E-state index contributed by atoms with van der Waals surface area (Å²) < 4.78 is 5.43. The van der Waals surface area contributed by atoms with Crippen LogP contribution in [0.3, 0.4) is 0 Å². The first-order valence-corrected chi connectivity index (χ1v) is 27.9. The molecule has 0 spiro atoms. The van der Waals surface area contributed by atoms with Crippen molar-refractivity contribution >= 4 is 11.9 Å². The van der Waals surface area contributed by atoms with Gasteiger partial charge in [0, 0.05) is 12.8 Å². The van der Waals surface area contributed by atoms with Gasteiger partial charge >= 0.3 is 5.97 Å². The fourth-order valence-electron chi connectivity index (χ4n) is 8.75. The van der Waals surface area contributed by atoms with E-state index >= 15 is 0 Å². The molecule has 0 saturated heterocycles. The van der Waals surface area contributed by atoms with E-state index in [1.165, 1.54) is 199 Å². The molecule has 0 aliphatic carbocycles. The van der Waals surface area contributed by atoms with Crippen molar-refractivity contribution in [1.82, 2.24) is 5.32 Å². The Morgan fingerprint density at radius 1 is 0.435 bits per heavy atom. The van der Waals surface area contributed by atoms with Crippen molar-refractivity contribution in [3.8, 4) is 0 Å². The van der Waals surface area contributed by atoms with Crippen molar-refractivity contribution in [1.29, 1.82) is 0 Å². The molecule has 368 valence electrons. The largest absolute Gasteiger partial charge is 0.466 e. The maximum absolute atomic E-state index is 12.5. The van der Waals surface area contributed by atoms with Crippen LogP contribution < -0.4 is 5.32 Å². The lowest BCUT2D eigenvalue weighted by atomic mass is 10.0. The molecule has 0 bridgehead atoms. The van der Waals surface area contributed by atoms with Gasteiger partial charge in [-0.15, -0.1) is 0 Å². The van der Waals surface area contributed by atoms with E-state index in [-0.39, 0.29) is 18.5 Å². The first-order valence-electron chi connectivity index (χ1n) is 27.9. The third-order valence-corrected chi connectivity index (χ3v) is 13.1. The number of unbranched alkanes of at least 4 members (excludes halogenated alkanes) is 39. The van der Waals surface area contributed by atoms with Gasteiger partial charge in [0.25, 0.3) is 0 Å². The van der Waals surface area contributed by atoms with E-state index < -0.39 is 12.1 Å². The number of carbonyl (C=O) groups is 2. The number of hydrogen-bond acceptors (Lipinski definition) is 5. The standard InChI is InChI=1S/C56H109NO5/c1-3-5-7-9-11-13-15-16-17-18-19-20-21-22-23-24-25-29-32-36-40-44-48-54(59)53(52-58)57-55(60)49-45-41-37-33-30-26-27-31-35-39-43-47-51-62-56(61)50-46-42-38-34-28-14-12-10-8-6-4-2/h27,31,53-54,58-59H,3-26,28-30,32-52H2,1-2H3,(H,57,60)/b31-27-. The van der Waals surface area contributed by atoms with Crippen LogP contribution in [0.2, 0.25) is 0 Å². The van der Waals surface area contributed by atoms with Gasteiger partial charge in [0.2, 0.25) is 5.91 Å². The van der Waals surface area contributed by atoms with E-state index in [0.29, 0.717) is 25.9 Å². The number of nitrogens with one attached hydrogen (secondary N) is 1. The minimum absolute atomic E-state index is 0.0222. The van der Waals surface area contributed by atoms with E-state index in [4.69, 9.17) is 4.74 Å². The van der Waals surface area contributed by atoms with Crippen LogP contribution in [0.4, 0.5) is 0 Å². The monoisotopic (exact) mass is 876 g/mol. The van der Waals surface area contributed by atoms with E-state index in [1.807, 2.05) is 0 Å². The summed E-state index contributed by atoms with van der Waals surface area (Å²) >= 11 is 0. The maximum atomic E-state index is 12.5. The number of amides is 1. The molecule has 0 aliphatic rings. The molecule has 0 radical (unpaired) electrons. The van der Waals surface area contributed by atoms with Gasteiger partial charge in [-0.3, -0.25) is 9.59 Å². The minimum Gasteiger partial charge on any atom is -0.466 e. The van der Waals surface area contributed by atoms with Crippen LogP contribution in [0.15, 0.2) is 12.2 Å². The molecular weight excluding hydrogens is 767 g/mol. The van der Waals surface area contributed by atoms with Crippen molar-refractivity contribution in [2.45, 2.75) is 321 Å². The number of aliphatic hydroxyl groups is 2. The fourth-order valence-corrected chi connectivity index (χ4v) is 8.75. The summed E-state index contributed by atoms with van der Waals surface area (Å²) in [6, 6.07) is -0.560. The minimum atomic E-state index is -0.680. The number of carbonyl (C=O) groups excluding carboxylic acids is 2. The van der Waals surface area contributed by atoms with Crippen molar-refractivity contribution < 1.29 is 24.5 Å². The molecule has 2 atom stereocenters. The van der Waals surface area contributed by atoms with Crippen LogP contribution >= 0.6 is 0 Å². The number of aliphatic hydroxyl groups excluding tert-OH is 2. The Labute approximate surface area is 387 Å². The SMILES string of the molecule is CCCCCCCCCCCCCCCCCCCCCCCCC(O)C(CO)NC(=O)CCCCCCC/C=C\CCCCCOC(=O)CCCCCCCCCCCCC. The zero-order valence-corrected chi connectivity index (χ0v) is 41.9. The van der Waals surface area contributed by atoms with E-state index in [2.05, 4.69) is 31.3 Å². The molecule has 0 saturated carbocycles.